The number of hydrogen-bond donors (Lipinski definition) is 2. The van der Waals surface area contributed by atoms with Crippen molar-refractivity contribution < 1.29 is 9.53 Å². The van der Waals surface area contributed by atoms with Gasteiger partial charge in [-0.25, -0.2) is 4.79 Å². The maximum Gasteiger partial charge on any atom is 0.325 e. The SMILES string of the molecule is COc1ccc(NC(=O)Nc2nc(-c3ccccc3)ns2)cc1. The number of urea groups is 1. The third kappa shape index (κ3) is 3.83. The minimum Gasteiger partial charge on any atom is -0.497 e. The van der Waals surface area contributed by atoms with Crippen molar-refractivity contribution in [3.8, 4) is 17.1 Å². The average Bonchev–Trinajstić information content (AvgIpc) is 3.04. The number of benzene rings is 2. The fraction of sp³-hybridized carbons (Fsp3) is 0.0625. The summed E-state index contributed by atoms with van der Waals surface area (Å²) in [5.74, 6) is 1.32. The Bertz CT molecular complexity index is 787. The lowest BCUT2D eigenvalue weighted by Gasteiger charge is -2.06. The van der Waals surface area contributed by atoms with Crippen molar-refractivity contribution in [2.75, 3.05) is 17.7 Å². The van der Waals surface area contributed by atoms with Crippen molar-refractivity contribution in [3.05, 3.63) is 54.6 Å². The molecule has 6 nitrogen and oxygen atoms in total. The van der Waals surface area contributed by atoms with Gasteiger partial charge in [0.15, 0.2) is 5.82 Å². The molecule has 0 aliphatic heterocycles. The van der Waals surface area contributed by atoms with Crippen LogP contribution in [-0.2, 0) is 0 Å². The van der Waals surface area contributed by atoms with E-state index < -0.39 is 0 Å². The Labute approximate surface area is 137 Å². The standard InChI is InChI=1S/C16H14N4O2S/c1-22-13-9-7-12(8-10-13)17-15(21)19-16-18-14(20-23-16)11-5-3-2-4-6-11/h2-10H,1H3,(H2,17,18,19,20,21). The van der Waals surface area contributed by atoms with Gasteiger partial charge in [-0.05, 0) is 24.3 Å². The summed E-state index contributed by atoms with van der Waals surface area (Å²) < 4.78 is 9.31. The van der Waals surface area contributed by atoms with Crippen molar-refractivity contribution in [3.63, 3.8) is 0 Å². The Kier molecular flexibility index (Phi) is 4.49. The lowest BCUT2D eigenvalue weighted by molar-refractivity contribution is 0.262. The molecule has 23 heavy (non-hydrogen) atoms. The first-order valence-corrected chi connectivity index (χ1v) is 7.63. The summed E-state index contributed by atoms with van der Waals surface area (Å²) >= 11 is 1.14. The summed E-state index contributed by atoms with van der Waals surface area (Å²) in [5.41, 5.74) is 1.57. The van der Waals surface area contributed by atoms with Gasteiger partial charge >= 0.3 is 6.03 Å². The van der Waals surface area contributed by atoms with Crippen molar-refractivity contribution in [2.24, 2.45) is 0 Å². The number of carbonyl (C=O) groups is 1. The lowest BCUT2D eigenvalue weighted by Crippen LogP contribution is -2.19. The molecule has 2 amide bonds. The number of hydrogen-bond acceptors (Lipinski definition) is 5. The van der Waals surface area contributed by atoms with E-state index in [-0.39, 0.29) is 6.03 Å². The van der Waals surface area contributed by atoms with Crippen LogP contribution in [0.1, 0.15) is 0 Å². The molecule has 2 aromatic carbocycles. The molecule has 7 heteroatoms. The van der Waals surface area contributed by atoms with Crippen molar-refractivity contribution in [2.45, 2.75) is 0 Å². The Morgan fingerprint density at radius 1 is 1.04 bits per heavy atom. The first-order chi connectivity index (χ1) is 11.2. The molecular weight excluding hydrogens is 312 g/mol. The van der Waals surface area contributed by atoms with Crippen LogP contribution < -0.4 is 15.4 Å². The number of ether oxygens (including phenoxy) is 1. The maximum atomic E-state index is 12.0. The smallest absolute Gasteiger partial charge is 0.325 e. The fourth-order valence-electron chi connectivity index (χ4n) is 1.91. The predicted molar refractivity (Wildman–Crippen MR) is 91.0 cm³/mol. The van der Waals surface area contributed by atoms with Crippen molar-refractivity contribution in [1.29, 1.82) is 0 Å². The van der Waals surface area contributed by atoms with E-state index in [1.54, 1.807) is 31.4 Å². The molecule has 0 bridgehead atoms. The number of nitrogens with zero attached hydrogens (tertiary/aromatic N) is 2. The number of carbonyl (C=O) groups excluding carboxylic acids is 1. The van der Waals surface area contributed by atoms with Crippen LogP contribution in [0, 0.1) is 0 Å². The zero-order valence-electron chi connectivity index (χ0n) is 12.3. The number of amides is 2. The van der Waals surface area contributed by atoms with Crippen LogP contribution in [0.5, 0.6) is 5.75 Å². The largest absolute Gasteiger partial charge is 0.497 e. The van der Waals surface area contributed by atoms with Gasteiger partial charge in [-0.15, -0.1) is 0 Å². The summed E-state index contributed by atoms with van der Waals surface area (Å²) in [6.07, 6.45) is 0. The second-order valence-electron chi connectivity index (χ2n) is 4.60. The van der Waals surface area contributed by atoms with E-state index in [0.29, 0.717) is 16.6 Å². The van der Waals surface area contributed by atoms with Crippen LogP contribution >= 0.6 is 11.5 Å². The summed E-state index contributed by atoms with van der Waals surface area (Å²) in [4.78, 5) is 16.3. The molecule has 0 unspecified atom stereocenters. The molecule has 0 saturated heterocycles. The van der Waals surface area contributed by atoms with Gasteiger partial charge in [-0.2, -0.15) is 9.36 Å². The molecule has 2 N–H and O–H groups in total. The number of aromatic nitrogens is 2. The van der Waals surface area contributed by atoms with Gasteiger partial charge in [0, 0.05) is 22.8 Å². The normalized spacial score (nSPS) is 10.1. The van der Waals surface area contributed by atoms with Gasteiger partial charge in [-0.1, -0.05) is 30.3 Å². The Morgan fingerprint density at radius 2 is 1.78 bits per heavy atom. The Morgan fingerprint density at radius 3 is 2.48 bits per heavy atom. The van der Waals surface area contributed by atoms with Crippen LogP contribution in [0.15, 0.2) is 54.6 Å². The molecule has 0 atom stereocenters. The van der Waals surface area contributed by atoms with E-state index in [0.717, 1.165) is 22.8 Å². The fourth-order valence-corrected chi connectivity index (χ4v) is 2.50. The monoisotopic (exact) mass is 326 g/mol. The van der Waals surface area contributed by atoms with Gasteiger partial charge in [0.1, 0.15) is 5.75 Å². The minimum absolute atomic E-state index is 0.370. The van der Waals surface area contributed by atoms with Crippen molar-refractivity contribution >= 4 is 28.4 Å². The summed E-state index contributed by atoms with van der Waals surface area (Å²) in [5, 5.41) is 5.84. The van der Waals surface area contributed by atoms with E-state index in [2.05, 4.69) is 20.0 Å². The maximum absolute atomic E-state index is 12.0. The van der Waals surface area contributed by atoms with Gasteiger partial charge in [0.25, 0.3) is 0 Å². The van der Waals surface area contributed by atoms with Gasteiger partial charge in [0.2, 0.25) is 5.13 Å². The van der Waals surface area contributed by atoms with E-state index >= 15 is 0 Å². The van der Waals surface area contributed by atoms with E-state index in [1.165, 1.54) is 0 Å². The molecule has 1 aromatic heterocycles. The second-order valence-corrected chi connectivity index (χ2v) is 5.35. The highest BCUT2D eigenvalue weighted by Crippen LogP contribution is 2.21. The molecule has 3 aromatic rings. The van der Waals surface area contributed by atoms with Crippen LogP contribution in [0.25, 0.3) is 11.4 Å². The number of rotatable bonds is 4. The van der Waals surface area contributed by atoms with Crippen LogP contribution in [0.3, 0.4) is 0 Å². The minimum atomic E-state index is -0.370. The van der Waals surface area contributed by atoms with Crippen LogP contribution in [0.4, 0.5) is 15.6 Å². The van der Waals surface area contributed by atoms with E-state index in [9.17, 15) is 4.79 Å². The highest BCUT2D eigenvalue weighted by atomic mass is 32.1. The first-order valence-electron chi connectivity index (χ1n) is 6.86. The summed E-state index contributed by atoms with van der Waals surface area (Å²) in [6, 6.07) is 16.3. The molecule has 116 valence electrons. The Balaban J connectivity index is 1.63. The Hall–Kier alpha value is -2.93. The van der Waals surface area contributed by atoms with Crippen LogP contribution in [0.2, 0.25) is 0 Å². The molecule has 0 radical (unpaired) electrons. The average molecular weight is 326 g/mol. The summed E-state index contributed by atoms with van der Waals surface area (Å²) in [7, 11) is 1.59. The topological polar surface area (TPSA) is 76.1 Å². The second kappa shape index (κ2) is 6.89. The zero-order valence-corrected chi connectivity index (χ0v) is 13.1. The van der Waals surface area contributed by atoms with Gasteiger partial charge in [0.05, 0.1) is 7.11 Å². The first kappa shape index (κ1) is 15.0. The lowest BCUT2D eigenvalue weighted by atomic mass is 10.2. The molecule has 3 rings (SSSR count). The number of methoxy groups -OCH3 is 1. The third-order valence-corrected chi connectivity index (χ3v) is 3.66. The van der Waals surface area contributed by atoms with Crippen LogP contribution in [-0.4, -0.2) is 22.5 Å². The van der Waals surface area contributed by atoms with Crippen molar-refractivity contribution in [1.82, 2.24) is 9.36 Å². The highest BCUT2D eigenvalue weighted by Gasteiger charge is 2.09. The van der Waals surface area contributed by atoms with E-state index in [4.69, 9.17) is 4.74 Å². The quantitative estimate of drug-likeness (QED) is 0.763. The molecule has 0 fully saturated rings. The van der Waals surface area contributed by atoms with Gasteiger partial charge in [-0.3, -0.25) is 5.32 Å². The highest BCUT2D eigenvalue weighted by molar-refractivity contribution is 7.10. The molecule has 0 spiro atoms. The molecule has 0 aliphatic rings. The molecule has 0 aliphatic carbocycles. The van der Waals surface area contributed by atoms with Gasteiger partial charge < -0.3 is 10.1 Å². The number of anilines is 2. The zero-order chi connectivity index (χ0) is 16.1. The third-order valence-electron chi connectivity index (χ3n) is 3.03. The number of nitrogens with one attached hydrogen (secondary N) is 2. The molecular formula is C16H14N4O2S. The summed E-state index contributed by atoms with van der Waals surface area (Å²) in [6.45, 7) is 0. The molecule has 0 saturated carbocycles. The van der Waals surface area contributed by atoms with E-state index in [1.807, 2.05) is 30.3 Å². The molecule has 1 heterocycles. The predicted octanol–water partition coefficient (Wildman–Crippen LogP) is 3.86.